The Morgan fingerprint density at radius 1 is 0.882 bits per heavy atom. The summed E-state index contributed by atoms with van der Waals surface area (Å²) in [6.07, 6.45) is 1.46. The largest absolute Gasteiger partial charge is 0.412 e. The van der Waals surface area contributed by atoms with E-state index in [2.05, 4.69) is 4.33 Å². The minimum atomic E-state index is -3.67. The Morgan fingerprint density at radius 2 is 0.941 bits per heavy atom. The quantitative estimate of drug-likeness (QED) is 0.294. The standard InChI is InChI=1S/CH4O4S.CH4O3S.3CH4.H2O2.H2O/c1-6(3,4)5-2;1-5(2,3)4;;;;1-2;/h2H,1H3;1H3,(H,2,3,4);3*1H4;1-2H;1H2. The van der Waals surface area contributed by atoms with Crippen molar-refractivity contribution in [2.45, 2.75) is 22.3 Å². The molecule has 17 heavy (non-hydrogen) atoms. The Hall–Kier alpha value is -0.340. The van der Waals surface area contributed by atoms with E-state index in [0.717, 1.165) is 6.26 Å². The summed E-state index contributed by atoms with van der Waals surface area (Å²) in [5.74, 6) is 0. The van der Waals surface area contributed by atoms with Gasteiger partial charge in [-0.1, -0.05) is 22.3 Å². The van der Waals surface area contributed by atoms with Crippen LogP contribution in [0, 0.1) is 0 Å². The smallest absolute Gasteiger partial charge is 0.290 e. The van der Waals surface area contributed by atoms with Crippen LogP contribution in [0.3, 0.4) is 0 Å². The highest BCUT2D eigenvalue weighted by Gasteiger charge is 1.93. The van der Waals surface area contributed by atoms with Crippen LogP contribution in [0.5, 0.6) is 0 Å². The van der Waals surface area contributed by atoms with Crippen LogP contribution in [-0.2, 0) is 24.6 Å². The van der Waals surface area contributed by atoms with Gasteiger partial charge in [0, 0.05) is 0 Å². The molecule has 0 aromatic heterocycles. The Labute approximate surface area is 103 Å². The monoisotopic (exact) mass is 308 g/mol. The SMILES string of the molecule is C.C.C.CS(=O)(=O)O.CS(=O)(=O)OO.O.OO. The molecule has 12 heteroatoms. The maximum Gasteiger partial charge on any atom is 0.290 e. The number of hydrogen-bond acceptors (Lipinski definition) is 8. The summed E-state index contributed by atoms with van der Waals surface area (Å²) < 4.78 is 47.8. The summed E-state index contributed by atoms with van der Waals surface area (Å²) in [6, 6.07) is 0. The average molecular weight is 308 g/mol. The summed E-state index contributed by atoms with van der Waals surface area (Å²) in [6.45, 7) is 0. The molecular formula is C5H24O10S2. The van der Waals surface area contributed by atoms with Crippen LogP contribution in [0.2, 0.25) is 0 Å². The molecule has 0 radical (unpaired) electrons. The van der Waals surface area contributed by atoms with E-state index in [4.69, 9.17) is 20.3 Å². The Bertz CT molecular complexity index is 270. The van der Waals surface area contributed by atoms with Crippen LogP contribution >= 0.6 is 0 Å². The van der Waals surface area contributed by atoms with Crippen LogP contribution in [0.4, 0.5) is 0 Å². The van der Waals surface area contributed by atoms with Gasteiger partial charge in [0.05, 0.1) is 12.5 Å². The lowest BCUT2D eigenvalue weighted by Gasteiger charge is -1.81. The molecule has 6 N–H and O–H groups in total. The first-order valence-corrected chi connectivity index (χ1v) is 5.88. The van der Waals surface area contributed by atoms with Crippen molar-refractivity contribution in [3.63, 3.8) is 0 Å². The highest BCUT2D eigenvalue weighted by atomic mass is 32.2. The zero-order valence-electron chi connectivity index (χ0n) is 7.15. The first-order chi connectivity index (χ1) is 5.56. The minimum absolute atomic E-state index is 0. The molecule has 0 aliphatic rings. The second-order valence-electron chi connectivity index (χ2n) is 1.51. The van der Waals surface area contributed by atoms with Crippen molar-refractivity contribution in [1.29, 1.82) is 0 Å². The van der Waals surface area contributed by atoms with Gasteiger partial charge < -0.3 is 5.48 Å². The van der Waals surface area contributed by atoms with Gasteiger partial charge in [-0.3, -0.25) is 15.1 Å². The summed E-state index contributed by atoms with van der Waals surface area (Å²) >= 11 is 0. The van der Waals surface area contributed by atoms with Crippen LogP contribution in [0.25, 0.3) is 0 Å². The topological polar surface area (TPSA) is 190 Å². The van der Waals surface area contributed by atoms with E-state index in [1.807, 2.05) is 0 Å². The van der Waals surface area contributed by atoms with Crippen molar-refractivity contribution in [2.75, 3.05) is 12.5 Å². The number of rotatable bonds is 1. The lowest BCUT2D eigenvalue weighted by atomic mass is 12.0. The second-order valence-corrected chi connectivity index (χ2v) is 4.54. The lowest BCUT2D eigenvalue weighted by Crippen LogP contribution is -1.96. The number of hydrogen-bond donors (Lipinski definition) is 4. The third kappa shape index (κ3) is 413. The molecule has 0 aromatic rings. The third-order valence-corrected chi connectivity index (χ3v) is 0.406. The van der Waals surface area contributed by atoms with Gasteiger partial charge >= 0.3 is 0 Å². The van der Waals surface area contributed by atoms with Gasteiger partial charge in [0.25, 0.3) is 20.2 Å². The summed E-state index contributed by atoms with van der Waals surface area (Å²) in [5, 5.41) is 19.3. The molecule has 0 unspecified atom stereocenters. The molecule has 0 bridgehead atoms. The highest BCUT2D eigenvalue weighted by Crippen LogP contribution is 1.75. The van der Waals surface area contributed by atoms with Crippen molar-refractivity contribution in [1.82, 2.24) is 0 Å². The Kier molecular flexibility index (Phi) is 54.1. The molecule has 0 aliphatic carbocycles. The van der Waals surface area contributed by atoms with E-state index < -0.39 is 20.2 Å². The minimum Gasteiger partial charge on any atom is -0.412 e. The molecule has 0 atom stereocenters. The summed E-state index contributed by atoms with van der Waals surface area (Å²) in [7, 11) is -7.27. The van der Waals surface area contributed by atoms with Gasteiger partial charge in [0.1, 0.15) is 0 Å². The van der Waals surface area contributed by atoms with Crippen LogP contribution in [-0.4, -0.2) is 55.1 Å². The average Bonchev–Trinajstić information content (AvgIpc) is 1.87. The predicted octanol–water partition coefficient (Wildman–Crippen LogP) is 0.0406. The van der Waals surface area contributed by atoms with Gasteiger partial charge in [0.2, 0.25) is 0 Å². The van der Waals surface area contributed by atoms with E-state index >= 15 is 0 Å². The van der Waals surface area contributed by atoms with Crippen molar-refractivity contribution >= 4 is 20.2 Å². The normalized spacial score (nSPS) is 7.88. The predicted molar refractivity (Wildman–Crippen MR) is 65.1 cm³/mol. The van der Waals surface area contributed by atoms with Crippen molar-refractivity contribution < 1.29 is 47.0 Å². The molecule has 0 saturated heterocycles. The van der Waals surface area contributed by atoms with Crippen LogP contribution in [0.15, 0.2) is 0 Å². The molecule has 0 saturated carbocycles. The summed E-state index contributed by atoms with van der Waals surface area (Å²) in [5.41, 5.74) is 0. The van der Waals surface area contributed by atoms with Gasteiger partial charge in [0.15, 0.2) is 0 Å². The molecule has 0 fully saturated rings. The molecule has 0 aromatic carbocycles. The fraction of sp³-hybridized carbons (Fsp3) is 1.00. The van der Waals surface area contributed by atoms with Gasteiger partial charge in [-0.05, 0) is 0 Å². The molecule has 10 nitrogen and oxygen atoms in total. The zero-order valence-corrected chi connectivity index (χ0v) is 8.78. The fourth-order valence-corrected chi connectivity index (χ4v) is 0. The van der Waals surface area contributed by atoms with Crippen molar-refractivity contribution in [3.05, 3.63) is 0 Å². The van der Waals surface area contributed by atoms with E-state index in [0.29, 0.717) is 6.26 Å². The van der Waals surface area contributed by atoms with E-state index in [1.165, 1.54) is 0 Å². The molecule has 0 heterocycles. The molecule has 0 rings (SSSR count). The van der Waals surface area contributed by atoms with Crippen molar-refractivity contribution in [2.24, 2.45) is 0 Å². The lowest BCUT2D eigenvalue weighted by molar-refractivity contribution is -0.176. The molecule has 0 spiro atoms. The maximum absolute atomic E-state index is 9.53. The van der Waals surface area contributed by atoms with Crippen molar-refractivity contribution in [3.8, 4) is 0 Å². The highest BCUT2D eigenvalue weighted by molar-refractivity contribution is 7.85. The van der Waals surface area contributed by atoms with Gasteiger partial charge in [-0.2, -0.15) is 16.8 Å². The van der Waals surface area contributed by atoms with Crippen LogP contribution < -0.4 is 0 Å². The fourth-order valence-electron chi connectivity index (χ4n) is 0. The van der Waals surface area contributed by atoms with E-state index in [9.17, 15) is 16.8 Å². The molecule has 116 valence electrons. The third-order valence-electron chi connectivity index (χ3n) is 0.135. The van der Waals surface area contributed by atoms with Gasteiger partial charge in [-0.25, -0.2) is 5.26 Å². The maximum atomic E-state index is 9.53. The first kappa shape index (κ1) is 43.8. The first-order valence-electron chi connectivity index (χ1n) is 2.21. The van der Waals surface area contributed by atoms with E-state index in [-0.39, 0.29) is 27.8 Å². The van der Waals surface area contributed by atoms with Gasteiger partial charge in [-0.15, -0.1) is 4.33 Å². The zero-order chi connectivity index (χ0) is 11.7. The van der Waals surface area contributed by atoms with E-state index in [1.54, 1.807) is 0 Å². The Morgan fingerprint density at radius 3 is 0.941 bits per heavy atom. The molecule has 0 amide bonds. The molecule has 0 aliphatic heterocycles. The Balaban J connectivity index is -0.0000000171. The molecular weight excluding hydrogens is 284 g/mol. The summed E-state index contributed by atoms with van der Waals surface area (Å²) in [4.78, 5) is 0. The second kappa shape index (κ2) is 21.0. The van der Waals surface area contributed by atoms with Crippen LogP contribution in [0.1, 0.15) is 22.3 Å².